The Morgan fingerprint density at radius 2 is 2.07 bits per heavy atom. The van der Waals surface area contributed by atoms with E-state index in [-0.39, 0.29) is 11.5 Å². The van der Waals surface area contributed by atoms with Gasteiger partial charge in [0.05, 0.1) is 19.3 Å². The van der Waals surface area contributed by atoms with Gasteiger partial charge in [-0.1, -0.05) is 37.6 Å². The van der Waals surface area contributed by atoms with Gasteiger partial charge in [-0.05, 0) is 24.5 Å². The third-order valence-corrected chi connectivity index (χ3v) is 4.63. The van der Waals surface area contributed by atoms with E-state index in [0.29, 0.717) is 37.1 Å². The fourth-order valence-electron chi connectivity index (χ4n) is 2.97. The number of carbonyl (C=O) groups excluding carboxylic acids is 1. The SMILES string of the molecule is CCCCC(=O)NCCn1ncc2c(=O)n(Cc3ccccc3C)cnc21. The van der Waals surface area contributed by atoms with Gasteiger partial charge in [0.15, 0.2) is 5.65 Å². The summed E-state index contributed by atoms with van der Waals surface area (Å²) in [4.78, 5) is 28.9. The van der Waals surface area contributed by atoms with E-state index in [1.54, 1.807) is 21.8 Å². The van der Waals surface area contributed by atoms with Crippen molar-refractivity contribution in [2.24, 2.45) is 0 Å². The molecule has 0 fully saturated rings. The van der Waals surface area contributed by atoms with Crippen LogP contribution in [-0.4, -0.2) is 31.8 Å². The van der Waals surface area contributed by atoms with E-state index in [2.05, 4.69) is 22.3 Å². The van der Waals surface area contributed by atoms with Gasteiger partial charge in [0.1, 0.15) is 11.7 Å². The van der Waals surface area contributed by atoms with Crippen LogP contribution in [0.4, 0.5) is 0 Å². The van der Waals surface area contributed by atoms with Crippen LogP contribution in [0, 0.1) is 6.92 Å². The van der Waals surface area contributed by atoms with Crippen LogP contribution in [0.5, 0.6) is 0 Å². The standard InChI is InChI=1S/C20H25N5O2/c1-3-4-9-18(26)21-10-11-25-19-17(12-23-25)20(27)24(14-22-19)13-16-8-6-5-7-15(16)2/h5-8,12,14H,3-4,9-11,13H2,1-2H3,(H,21,26). The van der Waals surface area contributed by atoms with Crippen molar-refractivity contribution >= 4 is 16.9 Å². The zero-order chi connectivity index (χ0) is 19.2. The fourth-order valence-corrected chi connectivity index (χ4v) is 2.97. The summed E-state index contributed by atoms with van der Waals surface area (Å²) in [6.07, 6.45) is 5.54. The van der Waals surface area contributed by atoms with Crippen LogP contribution in [0.15, 0.2) is 41.6 Å². The number of nitrogens with zero attached hydrogens (tertiary/aromatic N) is 4. The van der Waals surface area contributed by atoms with Gasteiger partial charge in [0, 0.05) is 13.0 Å². The van der Waals surface area contributed by atoms with Gasteiger partial charge in [-0.2, -0.15) is 5.10 Å². The lowest BCUT2D eigenvalue weighted by Crippen LogP contribution is -2.27. The molecule has 27 heavy (non-hydrogen) atoms. The summed E-state index contributed by atoms with van der Waals surface area (Å²) in [5.41, 5.74) is 2.66. The molecule has 7 heteroatoms. The topological polar surface area (TPSA) is 81.8 Å². The Balaban J connectivity index is 1.72. The number of rotatable bonds is 8. The molecule has 3 rings (SSSR count). The number of fused-ring (bicyclic) bond motifs is 1. The van der Waals surface area contributed by atoms with Crippen LogP contribution < -0.4 is 10.9 Å². The van der Waals surface area contributed by atoms with E-state index in [4.69, 9.17) is 0 Å². The molecule has 142 valence electrons. The highest BCUT2D eigenvalue weighted by Crippen LogP contribution is 2.10. The van der Waals surface area contributed by atoms with Crippen molar-refractivity contribution in [1.29, 1.82) is 0 Å². The minimum absolute atomic E-state index is 0.0434. The van der Waals surface area contributed by atoms with Crippen LogP contribution in [0.1, 0.15) is 37.3 Å². The molecule has 3 aromatic rings. The lowest BCUT2D eigenvalue weighted by molar-refractivity contribution is -0.121. The summed E-state index contributed by atoms with van der Waals surface area (Å²) in [6, 6.07) is 7.98. The summed E-state index contributed by atoms with van der Waals surface area (Å²) in [5, 5.41) is 7.63. The fraction of sp³-hybridized carbons (Fsp3) is 0.400. The molecule has 1 amide bonds. The molecule has 0 radical (unpaired) electrons. The first-order chi connectivity index (χ1) is 13.1. The van der Waals surface area contributed by atoms with E-state index in [0.717, 1.165) is 24.0 Å². The predicted octanol–water partition coefficient (Wildman–Crippen LogP) is 2.26. The van der Waals surface area contributed by atoms with Crippen molar-refractivity contribution in [3.63, 3.8) is 0 Å². The molecule has 0 bridgehead atoms. The van der Waals surface area contributed by atoms with E-state index in [1.807, 2.05) is 31.2 Å². The van der Waals surface area contributed by atoms with Crippen molar-refractivity contribution in [2.75, 3.05) is 6.54 Å². The molecule has 7 nitrogen and oxygen atoms in total. The Labute approximate surface area is 158 Å². The minimum Gasteiger partial charge on any atom is -0.354 e. The van der Waals surface area contributed by atoms with Gasteiger partial charge in [0.25, 0.3) is 5.56 Å². The molecular formula is C20H25N5O2. The molecule has 0 aliphatic carbocycles. The molecule has 2 heterocycles. The third-order valence-electron chi connectivity index (χ3n) is 4.63. The van der Waals surface area contributed by atoms with Gasteiger partial charge in [0.2, 0.25) is 5.91 Å². The summed E-state index contributed by atoms with van der Waals surface area (Å²) in [5.74, 6) is 0.0434. The lowest BCUT2D eigenvalue weighted by atomic mass is 10.1. The zero-order valence-electron chi connectivity index (χ0n) is 15.8. The first-order valence-corrected chi connectivity index (χ1v) is 9.32. The molecule has 0 unspecified atom stereocenters. The van der Waals surface area contributed by atoms with Crippen LogP contribution in [0.2, 0.25) is 0 Å². The number of unbranched alkanes of at least 4 members (excludes halogenated alkanes) is 1. The number of aromatic nitrogens is 4. The summed E-state index contributed by atoms with van der Waals surface area (Å²) in [7, 11) is 0. The van der Waals surface area contributed by atoms with Crippen LogP contribution in [0.3, 0.4) is 0 Å². The molecule has 0 aliphatic rings. The lowest BCUT2D eigenvalue weighted by Gasteiger charge is -2.09. The summed E-state index contributed by atoms with van der Waals surface area (Å²) < 4.78 is 3.26. The summed E-state index contributed by atoms with van der Waals surface area (Å²) in [6.45, 7) is 5.51. The molecule has 0 aliphatic heterocycles. The first-order valence-electron chi connectivity index (χ1n) is 9.32. The summed E-state index contributed by atoms with van der Waals surface area (Å²) >= 11 is 0. The smallest absolute Gasteiger partial charge is 0.264 e. The van der Waals surface area contributed by atoms with Crippen molar-refractivity contribution in [3.05, 3.63) is 58.3 Å². The van der Waals surface area contributed by atoms with Gasteiger partial charge in [-0.25, -0.2) is 9.67 Å². The average Bonchev–Trinajstić information content (AvgIpc) is 3.08. The Morgan fingerprint density at radius 1 is 1.26 bits per heavy atom. The number of carbonyl (C=O) groups is 1. The van der Waals surface area contributed by atoms with Crippen LogP contribution in [0.25, 0.3) is 11.0 Å². The molecular weight excluding hydrogens is 342 g/mol. The van der Waals surface area contributed by atoms with Gasteiger partial charge < -0.3 is 5.32 Å². The monoisotopic (exact) mass is 367 g/mol. The van der Waals surface area contributed by atoms with E-state index in [9.17, 15) is 9.59 Å². The molecule has 0 spiro atoms. The van der Waals surface area contributed by atoms with Crippen molar-refractivity contribution in [3.8, 4) is 0 Å². The van der Waals surface area contributed by atoms with Crippen molar-refractivity contribution in [1.82, 2.24) is 24.6 Å². The van der Waals surface area contributed by atoms with Crippen molar-refractivity contribution < 1.29 is 4.79 Å². The molecule has 0 saturated carbocycles. The maximum Gasteiger partial charge on any atom is 0.264 e. The maximum atomic E-state index is 12.8. The predicted molar refractivity (Wildman–Crippen MR) is 105 cm³/mol. The second-order valence-corrected chi connectivity index (χ2v) is 6.66. The van der Waals surface area contributed by atoms with E-state index in [1.165, 1.54) is 0 Å². The Morgan fingerprint density at radius 3 is 2.85 bits per heavy atom. The Hall–Kier alpha value is -2.96. The number of hydrogen-bond acceptors (Lipinski definition) is 4. The number of aryl methyl sites for hydroxylation is 1. The molecule has 1 aromatic carbocycles. The molecule has 0 atom stereocenters. The maximum absolute atomic E-state index is 12.8. The molecule has 0 saturated heterocycles. The second-order valence-electron chi connectivity index (χ2n) is 6.66. The Bertz CT molecular complexity index is 989. The average molecular weight is 367 g/mol. The molecule has 1 N–H and O–H groups in total. The van der Waals surface area contributed by atoms with Gasteiger partial charge in [-0.3, -0.25) is 14.2 Å². The number of benzene rings is 1. The van der Waals surface area contributed by atoms with Crippen molar-refractivity contribution in [2.45, 2.75) is 46.2 Å². The van der Waals surface area contributed by atoms with Crippen LogP contribution in [-0.2, 0) is 17.9 Å². The second kappa shape index (κ2) is 8.62. The van der Waals surface area contributed by atoms with E-state index < -0.39 is 0 Å². The molecule has 2 aromatic heterocycles. The highest BCUT2D eigenvalue weighted by molar-refractivity contribution is 5.76. The highest BCUT2D eigenvalue weighted by atomic mass is 16.1. The van der Waals surface area contributed by atoms with Gasteiger partial charge in [-0.15, -0.1) is 0 Å². The number of nitrogens with one attached hydrogen (secondary N) is 1. The third kappa shape index (κ3) is 4.42. The first kappa shape index (κ1) is 18.8. The number of hydrogen-bond donors (Lipinski definition) is 1. The highest BCUT2D eigenvalue weighted by Gasteiger charge is 2.11. The quantitative estimate of drug-likeness (QED) is 0.662. The largest absolute Gasteiger partial charge is 0.354 e. The number of amides is 1. The van der Waals surface area contributed by atoms with Crippen LogP contribution >= 0.6 is 0 Å². The minimum atomic E-state index is -0.110. The normalized spacial score (nSPS) is 11.0. The van der Waals surface area contributed by atoms with Gasteiger partial charge >= 0.3 is 0 Å². The van der Waals surface area contributed by atoms with E-state index >= 15 is 0 Å². The Kier molecular flexibility index (Phi) is 6.01. The zero-order valence-corrected chi connectivity index (χ0v) is 15.8.